The van der Waals surface area contributed by atoms with E-state index in [1.807, 2.05) is 6.07 Å². The number of nitrogens with zero attached hydrogens (tertiary/aromatic N) is 1. The van der Waals surface area contributed by atoms with E-state index in [1.54, 1.807) is 31.2 Å². The number of halogens is 1. The van der Waals surface area contributed by atoms with Gasteiger partial charge in [-0.3, -0.25) is 4.79 Å². The number of Topliss-reactive ketones (excluding diaryl/α,β-unsaturated/α-hetero) is 1. The van der Waals surface area contributed by atoms with Crippen LogP contribution in [0.25, 0.3) is 0 Å². The number of benzene rings is 1. The van der Waals surface area contributed by atoms with E-state index in [9.17, 15) is 19.5 Å². The largest absolute Gasteiger partial charge is 0.521 e. The number of imide groups is 1. The highest BCUT2D eigenvalue weighted by molar-refractivity contribution is 9.10. The third kappa shape index (κ3) is 2.98. The van der Waals surface area contributed by atoms with Crippen molar-refractivity contribution in [2.45, 2.75) is 37.1 Å². The molecule has 1 heterocycles. The first-order valence-electron chi connectivity index (χ1n) is 7.27. The highest BCUT2D eigenvalue weighted by Gasteiger charge is 2.53. The zero-order valence-electron chi connectivity index (χ0n) is 12.4. The second kappa shape index (κ2) is 6.71. The minimum absolute atomic E-state index is 0.121. The van der Waals surface area contributed by atoms with Crippen molar-refractivity contribution in [3.8, 4) is 0 Å². The van der Waals surface area contributed by atoms with Crippen LogP contribution in [0.5, 0.6) is 0 Å². The number of hydrogen-bond acceptors (Lipinski definition) is 3. The molecule has 22 heavy (non-hydrogen) atoms. The zero-order valence-corrected chi connectivity index (χ0v) is 14.0. The molecule has 1 N–H and O–H groups in total. The Morgan fingerprint density at radius 3 is 2.45 bits per heavy atom. The molecule has 1 aliphatic heterocycles. The highest BCUT2D eigenvalue weighted by Crippen LogP contribution is 2.30. The van der Waals surface area contributed by atoms with Gasteiger partial charge in [0.15, 0.2) is 5.78 Å². The van der Waals surface area contributed by atoms with Crippen LogP contribution in [0, 0.1) is 0 Å². The highest BCUT2D eigenvalue weighted by atomic mass is 79.9. The van der Waals surface area contributed by atoms with Gasteiger partial charge in [-0.25, -0.2) is 4.79 Å². The van der Waals surface area contributed by atoms with Crippen molar-refractivity contribution in [1.29, 1.82) is 0 Å². The van der Waals surface area contributed by atoms with Crippen LogP contribution < -0.4 is 0 Å². The molecule has 1 fully saturated rings. The van der Waals surface area contributed by atoms with E-state index in [4.69, 9.17) is 0 Å². The summed E-state index contributed by atoms with van der Waals surface area (Å²) >= 11 is 3.25. The summed E-state index contributed by atoms with van der Waals surface area (Å²) in [6.45, 7) is 2.08. The second-order valence-corrected chi connectivity index (χ2v) is 6.77. The molecule has 0 aliphatic carbocycles. The first-order valence-corrected chi connectivity index (χ1v) is 8.19. The fourth-order valence-electron chi connectivity index (χ4n) is 3.03. The number of likely N-dealkylation sites (tertiary alicyclic amines) is 1. The average molecular weight is 369 g/mol. The van der Waals surface area contributed by atoms with Crippen molar-refractivity contribution >= 4 is 33.7 Å². The summed E-state index contributed by atoms with van der Waals surface area (Å²) in [5.41, 5.74) is 0.508. The van der Waals surface area contributed by atoms with Crippen LogP contribution in [-0.4, -0.2) is 44.8 Å². The Balaban J connectivity index is 2.14. The van der Waals surface area contributed by atoms with Crippen molar-refractivity contribution in [3.63, 3.8) is 0 Å². The molecule has 1 saturated heterocycles. The van der Waals surface area contributed by atoms with Crippen LogP contribution in [0.1, 0.15) is 36.5 Å². The van der Waals surface area contributed by atoms with Crippen molar-refractivity contribution in [2.24, 2.45) is 0 Å². The van der Waals surface area contributed by atoms with Crippen LogP contribution in [0.2, 0.25) is 0 Å². The van der Waals surface area contributed by atoms with Crippen molar-refractivity contribution in [1.82, 2.24) is 0 Å². The molecule has 1 aromatic rings. The van der Waals surface area contributed by atoms with E-state index in [-0.39, 0.29) is 18.2 Å². The molecule has 5 nitrogen and oxygen atoms in total. The summed E-state index contributed by atoms with van der Waals surface area (Å²) in [6, 6.07) is 8.42. The molecular formula is C16H19BrNO4+. The SMILES string of the molecule is C[C@@H]1CCC[N+]1(C(=O)O)C(=O)CC(Br)C(=O)c1ccccc1. The lowest BCUT2D eigenvalue weighted by molar-refractivity contribution is -0.792. The third-order valence-electron chi connectivity index (χ3n) is 4.37. The molecule has 1 aromatic carbocycles. The summed E-state index contributed by atoms with van der Waals surface area (Å²) in [5, 5.41) is 9.52. The van der Waals surface area contributed by atoms with Crippen LogP contribution in [0.15, 0.2) is 30.3 Å². The Bertz CT molecular complexity index is 589. The maximum absolute atomic E-state index is 12.6. The van der Waals surface area contributed by atoms with Gasteiger partial charge in [-0.05, 0) is 6.92 Å². The van der Waals surface area contributed by atoms with Crippen molar-refractivity contribution in [2.75, 3.05) is 6.54 Å². The van der Waals surface area contributed by atoms with E-state index in [0.717, 1.165) is 0 Å². The van der Waals surface area contributed by atoms with Crippen molar-refractivity contribution in [3.05, 3.63) is 35.9 Å². The van der Waals surface area contributed by atoms with Gasteiger partial charge in [0.25, 0.3) is 0 Å². The molecule has 0 bridgehead atoms. The Morgan fingerprint density at radius 2 is 1.95 bits per heavy atom. The van der Waals surface area contributed by atoms with Gasteiger partial charge in [0.05, 0.1) is 17.8 Å². The summed E-state index contributed by atoms with van der Waals surface area (Å²) < 4.78 is -0.565. The summed E-state index contributed by atoms with van der Waals surface area (Å²) in [6.07, 6.45) is 0.169. The summed E-state index contributed by atoms with van der Waals surface area (Å²) in [4.78, 5) is 35.8. The number of rotatable bonds is 4. The second-order valence-electron chi connectivity index (χ2n) is 5.66. The number of quaternary nitrogens is 1. The van der Waals surface area contributed by atoms with Gasteiger partial charge in [-0.2, -0.15) is 9.28 Å². The first kappa shape index (κ1) is 16.8. The van der Waals surface area contributed by atoms with Crippen LogP contribution in [-0.2, 0) is 4.79 Å². The number of amides is 2. The summed E-state index contributed by atoms with van der Waals surface area (Å²) in [5.74, 6) is -0.618. The Morgan fingerprint density at radius 1 is 1.32 bits per heavy atom. The van der Waals surface area contributed by atoms with Crippen LogP contribution in [0.4, 0.5) is 4.79 Å². The van der Waals surface area contributed by atoms with E-state index in [1.165, 1.54) is 0 Å². The lowest BCUT2D eigenvalue weighted by Gasteiger charge is -2.30. The zero-order chi connectivity index (χ0) is 16.3. The maximum Gasteiger partial charge on any atom is 0.521 e. The first-order chi connectivity index (χ1) is 10.4. The molecule has 2 amide bonds. The predicted molar refractivity (Wildman–Crippen MR) is 85.0 cm³/mol. The minimum atomic E-state index is -1.12. The fourth-order valence-corrected chi connectivity index (χ4v) is 3.57. The van der Waals surface area contributed by atoms with Gasteiger partial charge in [-0.15, -0.1) is 0 Å². The average Bonchev–Trinajstić information content (AvgIpc) is 2.90. The van der Waals surface area contributed by atoms with Gasteiger partial charge >= 0.3 is 12.0 Å². The quantitative estimate of drug-likeness (QED) is 0.503. The molecule has 3 atom stereocenters. The van der Waals surface area contributed by atoms with Gasteiger partial charge < -0.3 is 5.11 Å². The minimum Gasteiger partial charge on any atom is -0.435 e. The van der Waals surface area contributed by atoms with Gasteiger partial charge in [0, 0.05) is 18.4 Å². The number of carbonyl (C=O) groups excluding carboxylic acids is 2. The van der Waals surface area contributed by atoms with Gasteiger partial charge in [0.1, 0.15) is 6.04 Å². The Hall–Kier alpha value is -1.53. The van der Waals surface area contributed by atoms with Crippen LogP contribution in [0.3, 0.4) is 0 Å². The lowest BCUT2D eigenvalue weighted by Crippen LogP contribution is -2.59. The molecule has 2 unspecified atom stereocenters. The van der Waals surface area contributed by atoms with Crippen molar-refractivity contribution < 1.29 is 24.0 Å². The van der Waals surface area contributed by atoms with Crippen LogP contribution >= 0.6 is 15.9 Å². The lowest BCUT2D eigenvalue weighted by atomic mass is 10.1. The predicted octanol–water partition coefficient (Wildman–Crippen LogP) is 3.23. The molecule has 118 valence electrons. The maximum atomic E-state index is 12.6. The number of carboxylic acid groups (broad SMARTS) is 1. The molecule has 0 aromatic heterocycles. The molecule has 6 heteroatoms. The molecule has 0 radical (unpaired) electrons. The number of ketones is 1. The topological polar surface area (TPSA) is 71.4 Å². The molecular weight excluding hydrogens is 350 g/mol. The van der Waals surface area contributed by atoms with E-state index < -0.39 is 21.3 Å². The smallest absolute Gasteiger partial charge is 0.435 e. The fraction of sp³-hybridized carbons (Fsp3) is 0.438. The third-order valence-corrected chi connectivity index (χ3v) is 5.11. The molecule has 1 aliphatic rings. The molecule has 0 saturated carbocycles. The Labute approximate surface area is 137 Å². The van der Waals surface area contributed by atoms with Gasteiger partial charge in [0.2, 0.25) is 0 Å². The number of hydrogen-bond donors (Lipinski definition) is 1. The van der Waals surface area contributed by atoms with E-state index in [2.05, 4.69) is 15.9 Å². The monoisotopic (exact) mass is 368 g/mol. The summed E-state index contributed by atoms with van der Waals surface area (Å²) in [7, 11) is 0. The Kier molecular flexibility index (Phi) is 5.13. The van der Waals surface area contributed by atoms with E-state index >= 15 is 0 Å². The van der Waals surface area contributed by atoms with Gasteiger partial charge in [-0.1, -0.05) is 46.3 Å². The normalized spacial score (nSPS) is 25.6. The molecule has 2 rings (SSSR count). The van der Waals surface area contributed by atoms with E-state index in [0.29, 0.717) is 24.9 Å². The standard InChI is InChI=1S/C16H18BrNO4/c1-11-6-5-9-18(11,16(21)22)14(19)10-13(17)15(20)12-7-3-2-4-8-12/h2-4,7-8,11,13H,5-6,9-10H2,1H3/p+1/t11-,13?,18?/m1/s1. The number of alkyl halides is 1. The number of carbonyl (C=O) groups is 3. The molecule has 0 spiro atoms.